The normalized spacial score (nSPS) is 17.8. The molecule has 0 aromatic carbocycles. The molecule has 0 saturated carbocycles. The van der Waals surface area contributed by atoms with Crippen LogP contribution in [-0.2, 0) is 21.1 Å². The zero-order chi connectivity index (χ0) is 10.2. The summed E-state index contributed by atoms with van der Waals surface area (Å²) in [5, 5.41) is 0. The Hall–Kier alpha value is 0.648. The van der Waals surface area contributed by atoms with Gasteiger partial charge < -0.3 is 11.8 Å². The summed E-state index contributed by atoms with van der Waals surface area (Å²) in [5.74, 6) is 0. The Morgan fingerprint density at radius 2 is 1.46 bits per heavy atom. The van der Waals surface area contributed by atoms with E-state index in [1.54, 1.807) is 0 Å². The molecule has 0 radical (unpaired) electrons. The minimum Gasteiger partial charge on any atom is -0.343 e. The summed E-state index contributed by atoms with van der Waals surface area (Å²) < 4.78 is 0. The molecule has 0 aliphatic carbocycles. The van der Waals surface area contributed by atoms with Gasteiger partial charge in [0.05, 0.1) is 0 Å². The van der Waals surface area contributed by atoms with Gasteiger partial charge in [0.2, 0.25) is 0 Å². The van der Waals surface area contributed by atoms with E-state index in [9.17, 15) is 0 Å². The molecule has 0 unspecified atom stereocenters. The first kappa shape index (κ1) is 19.3. The minimum atomic E-state index is 0. The van der Waals surface area contributed by atoms with Crippen LogP contribution in [0.5, 0.6) is 0 Å². The first-order valence-electron chi connectivity index (χ1n) is 5.14. The van der Waals surface area contributed by atoms with Crippen LogP contribution in [0, 0.1) is 12.3 Å². The van der Waals surface area contributed by atoms with Crippen LogP contribution in [0.1, 0.15) is 41.0 Å². The number of hydrogen-bond donors (Lipinski definition) is 0. The van der Waals surface area contributed by atoms with Crippen molar-refractivity contribution >= 4 is 0 Å². The zero-order valence-corrected chi connectivity index (χ0v) is 13.1. The summed E-state index contributed by atoms with van der Waals surface area (Å²) in [6.07, 6.45) is 1.08. The Morgan fingerprint density at radius 3 is 1.54 bits per heavy atom. The molecule has 1 nitrogen and oxygen atoms in total. The van der Waals surface area contributed by atoms with E-state index in [2.05, 4.69) is 25.8 Å². The molecule has 0 aromatic rings. The summed E-state index contributed by atoms with van der Waals surface area (Å²) in [6.45, 7) is 16.6. The molecule has 1 fully saturated rings. The van der Waals surface area contributed by atoms with E-state index in [1.165, 1.54) is 13.1 Å². The fraction of sp³-hybridized carbons (Fsp3) is 0.909. The maximum Gasteiger partial charge on any atom is 0.00201 e. The fourth-order valence-electron chi connectivity index (χ4n) is 1.42. The molecule has 1 rings (SSSR count). The number of likely N-dealkylation sites (tertiary alicyclic amines) is 1. The average molecular weight is 356 g/mol. The summed E-state index contributed by atoms with van der Waals surface area (Å²) in [6, 6.07) is 0. The summed E-state index contributed by atoms with van der Waals surface area (Å²) in [7, 11) is 2.15. The molecule has 0 N–H and O–H groups in total. The Balaban J connectivity index is -0.000000178. The van der Waals surface area contributed by atoms with Crippen LogP contribution in [0.25, 0.3) is 0 Å². The van der Waals surface area contributed by atoms with E-state index < -0.39 is 0 Å². The summed E-state index contributed by atoms with van der Waals surface area (Å²) in [5.41, 5.74) is 0.550. The Bertz CT molecular complexity index is 88.1. The SMILES string of the molecule is CC.CC.[CH2-]CC1(C)CN(C)C1.[W]. The third-order valence-electron chi connectivity index (χ3n) is 1.91. The molecule has 1 saturated heterocycles. The second-order valence-electron chi connectivity index (χ2n) is 3.23. The van der Waals surface area contributed by atoms with Gasteiger partial charge in [-0.15, -0.1) is 0 Å². The van der Waals surface area contributed by atoms with Crippen molar-refractivity contribution in [3.05, 3.63) is 6.92 Å². The Kier molecular flexibility index (Phi) is 15.9. The van der Waals surface area contributed by atoms with Crippen LogP contribution in [0.15, 0.2) is 0 Å². The molecule has 0 aromatic heterocycles. The molecule has 13 heavy (non-hydrogen) atoms. The summed E-state index contributed by atoms with van der Waals surface area (Å²) >= 11 is 0. The number of nitrogens with zero attached hydrogens (tertiary/aromatic N) is 1. The maximum atomic E-state index is 3.89. The third-order valence-corrected chi connectivity index (χ3v) is 1.91. The minimum absolute atomic E-state index is 0. The van der Waals surface area contributed by atoms with Gasteiger partial charge in [-0.25, -0.2) is 0 Å². The quantitative estimate of drug-likeness (QED) is 0.653. The van der Waals surface area contributed by atoms with E-state index >= 15 is 0 Å². The van der Waals surface area contributed by atoms with Crippen molar-refractivity contribution in [3.63, 3.8) is 0 Å². The molecule has 0 amide bonds. The van der Waals surface area contributed by atoms with Gasteiger partial charge in [-0.3, -0.25) is 0 Å². The van der Waals surface area contributed by atoms with Crippen molar-refractivity contribution < 1.29 is 21.1 Å². The van der Waals surface area contributed by atoms with Gasteiger partial charge in [-0.2, -0.15) is 6.42 Å². The number of hydrogen-bond acceptors (Lipinski definition) is 1. The van der Waals surface area contributed by atoms with Crippen LogP contribution in [0.3, 0.4) is 0 Å². The maximum absolute atomic E-state index is 3.89. The van der Waals surface area contributed by atoms with Gasteiger partial charge in [-0.1, -0.05) is 34.6 Å². The summed E-state index contributed by atoms with van der Waals surface area (Å²) in [4.78, 5) is 2.32. The van der Waals surface area contributed by atoms with E-state index in [0.29, 0.717) is 5.41 Å². The average Bonchev–Trinajstić information content (AvgIpc) is 2.09. The molecular weight excluding hydrogens is 330 g/mol. The molecule has 0 bridgehead atoms. The molecule has 1 aliphatic rings. The van der Waals surface area contributed by atoms with Crippen LogP contribution >= 0.6 is 0 Å². The first-order valence-corrected chi connectivity index (χ1v) is 5.14. The topological polar surface area (TPSA) is 3.24 Å². The van der Waals surface area contributed by atoms with Gasteiger partial charge in [0.25, 0.3) is 0 Å². The molecule has 82 valence electrons. The van der Waals surface area contributed by atoms with Crippen molar-refractivity contribution in [1.29, 1.82) is 0 Å². The number of rotatable bonds is 1. The van der Waals surface area contributed by atoms with Gasteiger partial charge in [0, 0.05) is 34.2 Å². The molecular formula is C11H26NW-. The van der Waals surface area contributed by atoms with Crippen molar-refractivity contribution in [2.45, 2.75) is 41.0 Å². The smallest absolute Gasteiger partial charge is 0.00201 e. The molecule has 0 spiro atoms. The van der Waals surface area contributed by atoms with Crippen LogP contribution in [0.2, 0.25) is 0 Å². The second-order valence-corrected chi connectivity index (χ2v) is 3.23. The van der Waals surface area contributed by atoms with E-state index in [0.717, 1.165) is 6.42 Å². The van der Waals surface area contributed by atoms with Gasteiger partial charge in [-0.05, 0) is 12.5 Å². The fourth-order valence-corrected chi connectivity index (χ4v) is 1.42. The van der Waals surface area contributed by atoms with Gasteiger partial charge in [0.1, 0.15) is 0 Å². The van der Waals surface area contributed by atoms with Crippen LogP contribution in [0.4, 0.5) is 0 Å². The molecule has 0 atom stereocenters. The van der Waals surface area contributed by atoms with Gasteiger partial charge in [0.15, 0.2) is 0 Å². The third kappa shape index (κ3) is 7.70. The predicted octanol–water partition coefficient (Wildman–Crippen LogP) is 3.21. The Labute approximate surface area is 99.5 Å². The second kappa shape index (κ2) is 10.7. The molecule has 2 heteroatoms. The monoisotopic (exact) mass is 356 g/mol. The standard InChI is InChI=1S/C7H14N.2C2H6.W/c1-4-7(2)5-8(3)6-7;2*1-2;/h1,4-6H2,2-3H3;2*1-2H3;/q-1;;;. The van der Waals surface area contributed by atoms with Gasteiger partial charge >= 0.3 is 0 Å². The first-order chi connectivity index (χ1) is 5.66. The van der Waals surface area contributed by atoms with Crippen molar-refractivity contribution in [2.75, 3.05) is 20.1 Å². The van der Waals surface area contributed by atoms with E-state index in [1.807, 2.05) is 27.7 Å². The molecule has 1 aliphatic heterocycles. The Morgan fingerprint density at radius 1 is 1.15 bits per heavy atom. The largest absolute Gasteiger partial charge is 0.343 e. The van der Waals surface area contributed by atoms with E-state index in [-0.39, 0.29) is 21.1 Å². The van der Waals surface area contributed by atoms with Crippen LogP contribution in [-0.4, -0.2) is 25.0 Å². The molecule has 1 heterocycles. The van der Waals surface area contributed by atoms with E-state index in [4.69, 9.17) is 0 Å². The van der Waals surface area contributed by atoms with Crippen molar-refractivity contribution in [1.82, 2.24) is 4.90 Å². The van der Waals surface area contributed by atoms with Crippen LogP contribution < -0.4 is 0 Å². The van der Waals surface area contributed by atoms with Crippen molar-refractivity contribution in [2.24, 2.45) is 5.41 Å². The zero-order valence-electron chi connectivity index (χ0n) is 10.2. The predicted molar refractivity (Wildman–Crippen MR) is 58.3 cm³/mol. The van der Waals surface area contributed by atoms with Crippen molar-refractivity contribution in [3.8, 4) is 0 Å².